The Labute approximate surface area is 123 Å². The van der Waals surface area contributed by atoms with Crippen molar-refractivity contribution in [3.05, 3.63) is 29.8 Å². The SMILES string of the molecule is CC(C)CCOC(=O)C(C)Sc1ccc(C(=O)O)cc1. The number of rotatable bonds is 7. The van der Waals surface area contributed by atoms with Gasteiger partial charge in [0.2, 0.25) is 0 Å². The lowest BCUT2D eigenvalue weighted by molar-refractivity contribution is -0.142. The molecule has 0 saturated heterocycles. The zero-order chi connectivity index (χ0) is 15.1. The van der Waals surface area contributed by atoms with E-state index in [1.165, 1.54) is 23.9 Å². The third-order valence-corrected chi connectivity index (χ3v) is 3.78. The second kappa shape index (κ2) is 7.94. The standard InChI is InChI=1S/C15H20O4S/c1-10(2)8-9-19-15(18)11(3)20-13-6-4-12(5-7-13)14(16)17/h4-7,10-11H,8-9H2,1-3H3,(H,16,17). The molecule has 110 valence electrons. The molecule has 1 N–H and O–H groups in total. The molecule has 0 amide bonds. The van der Waals surface area contributed by atoms with Gasteiger partial charge in [0, 0.05) is 4.90 Å². The van der Waals surface area contributed by atoms with Gasteiger partial charge in [0.15, 0.2) is 0 Å². The average Bonchev–Trinajstić information content (AvgIpc) is 2.38. The topological polar surface area (TPSA) is 63.6 Å². The highest BCUT2D eigenvalue weighted by Gasteiger charge is 2.16. The summed E-state index contributed by atoms with van der Waals surface area (Å²) in [5.41, 5.74) is 0.238. The van der Waals surface area contributed by atoms with Crippen molar-refractivity contribution < 1.29 is 19.4 Å². The zero-order valence-corrected chi connectivity index (χ0v) is 12.8. The minimum atomic E-state index is -0.956. The summed E-state index contributed by atoms with van der Waals surface area (Å²) in [5, 5.41) is 8.50. The maximum absolute atomic E-state index is 11.8. The van der Waals surface area contributed by atoms with Crippen LogP contribution < -0.4 is 0 Å². The van der Waals surface area contributed by atoms with Crippen LogP contribution in [0.4, 0.5) is 0 Å². The van der Waals surface area contributed by atoms with Gasteiger partial charge in [-0.15, -0.1) is 11.8 Å². The molecule has 1 rings (SSSR count). The number of esters is 1. The van der Waals surface area contributed by atoms with Gasteiger partial charge in [-0.3, -0.25) is 4.79 Å². The molecule has 0 bridgehead atoms. The maximum Gasteiger partial charge on any atom is 0.335 e. The van der Waals surface area contributed by atoms with Crippen LogP contribution >= 0.6 is 11.8 Å². The van der Waals surface area contributed by atoms with Gasteiger partial charge < -0.3 is 9.84 Å². The molecule has 0 aromatic heterocycles. The summed E-state index contributed by atoms with van der Waals surface area (Å²) in [4.78, 5) is 23.4. The quantitative estimate of drug-likeness (QED) is 0.616. The number of carboxylic acids is 1. The Balaban J connectivity index is 2.46. The molecule has 0 heterocycles. The summed E-state index contributed by atoms with van der Waals surface area (Å²) < 4.78 is 5.19. The smallest absolute Gasteiger partial charge is 0.335 e. The van der Waals surface area contributed by atoms with E-state index in [9.17, 15) is 9.59 Å². The Morgan fingerprint density at radius 1 is 1.20 bits per heavy atom. The molecule has 0 aliphatic carbocycles. The van der Waals surface area contributed by atoms with E-state index in [1.54, 1.807) is 19.1 Å². The molecule has 0 aliphatic rings. The number of carbonyl (C=O) groups is 2. The van der Waals surface area contributed by atoms with Crippen molar-refractivity contribution >= 4 is 23.7 Å². The van der Waals surface area contributed by atoms with Crippen LogP contribution in [0.25, 0.3) is 0 Å². The Morgan fingerprint density at radius 2 is 1.80 bits per heavy atom. The molecule has 5 heteroatoms. The Hall–Kier alpha value is -1.49. The Kier molecular flexibility index (Phi) is 6.58. The molecule has 1 aromatic carbocycles. The molecule has 1 aromatic rings. The lowest BCUT2D eigenvalue weighted by Gasteiger charge is -2.12. The number of thioether (sulfide) groups is 1. The minimum absolute atomic E-state index is 0.238. The Morgan fingerprint density at radius 3 is 2.30 bits per heavy atom. The van der Waals surface area contributed by atoms with Crippen molar-refractivity contribution in [2.45, 2.75) is 37.3 Å². The molecular weight excluding hydrogens is 276 g/mol. The van der Waals surface area contributed by atoms with Crippen molar-refractivity contribution in [3.8, 4) is 0 Å². The normalized spacial score (nSPS) is 12.2. The first-order chi connectivity index (χ1) is 9.40. The van der Waals surface area contributed by atoms with Crippen molar-refractivity contribution in [2.24, 2.45) is 5.92 Å². The fourth-order valence-electron chi connectivity index (χ4n) is 1.44. The van der Waals surface area contributed by atoms with Gasteiger partial charge >= 0.3 is 11.9 Å². The van der Waals surface area contributed by atoms with Crippen LogP contribution in [0.3, 0.4) is 0 Å². The van der Waals surface area contributed by atoms with Gasteiger partial charge in [-0.25, -0.2) is 4.79 Å². The van der Waals surface area contributed by atoms with E-state index < -0.39 is 5.97 Å². The van der Waals surface area contributed by atoms with Crippen molar-refractivity contribution in [2.75, 3.05) is 6.61 Å². The van der Waals surface area contributed by atoms with Crippen LogP contribution in [-0.4, -0.2) is 28.9 Å². The summed E-state index contributed by atoms with van der Waals surface area (Å²) in [6.45, 7) is 6.39. The second-order valence-electron chi connectivity index (χ2n) is 4.94. The van der Waals surface area contributed by atoms with Crippen LogP contribution in [0.2, 0.25) is 0 Å². The van der Waals surface area contributed by atoms with Gasteiger partial charge in [0.1, 0.15) is 5.25 Å². The summed E-state index contributed by atoms with van der Waals surface area (Å²) in [7, 11) is 0. The number of hydrogen-bond donors (Lipinski definition) is 1. The van der Waals surface area contributed by atoms with E-state index in [0.29, 0.717) is 12.5 Å². The third-order valence-electron chi connectivity index (χ3n) is 2.69. The van der Waals surface area contributed by atoms with Crippen LogP contribution in [0, 0.1) is 5.92 Å². The molecule has 1 unspecified atom stereocenters. The first-order valence-electron chi connectivity index (χ1n) is 6.56. The van der Waals surface area contributed by atoms with Gasteiger partial charge in [-0.1, -0.05) is 13.8 Å². The fraction of sp³-hybridized carbons (Fsp3) is 0.467. The number of carboxylic acid groups (broad SMARTS) is 1. The molecule has 0 aliphatic heterocycles. The van der Waals surface area contributed by atoms with E-state index >= 15 is 0 Å². The van der Waals surface area contributed by atoms with Gasteiger partial charge in [0.05, 0.1) is 12.2 Å². The lowest BCUT2D eigenvalue weighted by Crippen LogP contribution is -2.18. The predicted molar refractivity (Wildman–Crippen MR) is 79.1 cm³/mol. The van der Waals surface area contributed by atoms with Crippen molar-refractivity contribution in [1.82, 2.24) is 0 Å². The number of carbonyl (C=O) groups excluding carboxylic acids is 1. The lowest BCUT2D eigenvalue weighted by atomic mass is 10.1. The first-order valence-corrected chi connectivity index (χ1v) is 7.44. The van der Waals surface area contributed by atoms with Crippen molar-refractivity contribution in [1.29, 1.82) is 0 Å². The average molecular weight is 296 g/mol. The highest BCUT2D eigenvalue weighted by Crippen LogP contribution is 2.24. The van der Waals surface area contributed by atoms with Crippen LogP contribution in [0.5, 0.6) is 0 Å². The van der Waals surface area contributed by atoms with Crippen LogP contribution in [0.15, 0.2) is 29.2 Å². The van der Waals surface area contributed by atoms with E-state index in [2.05, 4.69) is 13.8 Å². The van der Waals surface area contributed by atoms with Gasteiger partial charge in [-0.2, -0.15) is 0 Å². The maximum atomic E-state index is 11.8. The molecule has 0 spiro atoms. The number of ether oxygens (including phenoxy) is 1. The molecule has 20 heavy (non-hydrogen) atoms. The number of hydrogen-bond acceptors (Lipinski definition) is 4. The monoisotopic (exact) mass is 296 g/mol. The van der Waals surface area contributed by atoms with E-state index in [-0.39, 0.29) is 16.8 Å². The van der Waals surface area contributed by atoms with E-state index in [4.69, 9.17) is 9.84 Å². The predicted octanol–water partition coefficient (Wildman–Crippen LogP) is 3.45. The number of aromatic carboxylic acids is 1. The van der Waals surface area contributed by atoms with E-state index in [0.717, 1.165) is 11.3 Å². The van der Waals surface area contributed by atoms with E-state index in [1.807, 2.05) is 0 Å². The molecular formula is C15H20O4S. The molecule has 0 fully saturated rings. The first kappa shape index (κ1) is 16.6. The van der Waals surface area contributed by atoms with Crippen LogP contribution in [0.1, 0.15) is 37.6 Å². The fourth-order valence-corrected chi connectivity index (χ4v) is 2.31. The molecule has 0 saturated carbocycles. The molecule has 0 radical (unpaired) electrons. The number of benzene rings is 1. The van der Waals surface area contributed by atoms with Gasteiger partial charge in [0.25, 0.3) is 0 Å². The highest BCUT2D eigenvalue weighted by atomic mass is 32.2. The zero-order valence-electron chi connectivity index (χ0n) is 12.0. The van der Waals surface area contributed by atoms with Crippen LogP contribution in [-0.2, 0) is 9.53 Å². The molecule has 1 atom stereocenters. The summed E-state index contributed by atoms with van der Waals surface area (Å²) in [5.74, 6) is -0.685. The summed E-state index contributed by atoms with van der Waals surface area (Å²) in [6.07, 6.45) is 0.858. The summed E-state index contributed by atoms with van der Waals surface area (Å²) in [6, 6.07) is 6.46. The Bertz CT molecular complexity index is 453. The highest BCUT2D eigenvalue weighted by molar-refractivity contribution is 8.00. The van der Waals surface area contributed by atoms with Crippen molar-refractivity contribution in [3.63, 3.8) is 0 Å². The third kappa shape index (κ3) is 5.65. The van der Waals surface area contributed by atoms with Gasteiger partial charge in [-0.05, 0) is 43.5 Å². The largest absolute Gasteiger partial charge is 0.478 e. The second-order valence-corrected chi connectivity index (χ2v) is 6.35. The minimum Gasteiger partial charge on any atom is -0.478 e. The molecule has 4 nitrogen and oxygen atoms in total. The summed E-state index contributed by atoms with van der Waals surface area (Å²) >= 11 is 1.36.